The van der Waals surface area contributed by atoms with Crippen LogP contribution in [0.4, 0.5) is 5.13 Å². The summed E-state index contributed by atoms with van der Waals surface area (Å²) < 4.78 is 13.8. The lowest BCUT2D eigenvalue weighted by Gasteiger charge is -2.24. The van der Waals surface area contributed by atoms with Crippen LogP contribution in [0.25, 0.3) is 11.4 Å². The Morgan fingerprint density at radius 2 is 1.84 bits per heavy atom. The highest BCUT2D eigenvalue weighted by Gasteiger charge is 2.49. The second-order valence-electron chi connectivity index (χ2n) is 11.2. The Morgan fingerprint density at radius 3 is 2.48 bits per heavy atom. The minimum atomic E-state index is -1.07. The van der Waals surface area contributed by atoms with Gasteiger partial charge in [0.2, 0.25) is 0 Å². The first-order valence-corrected chi connectivity index (χ1v) is 15.4. The molecule has 0 bridgehead atoms. The predicted molar refractivity (Wildman–Crippen MR) is 169 cm³/mol. The van der Waals surface area contributed by atoms with Gasteiger partial charge in [-0.05, 0) is 69.4 Å². The molecule has 4 heterocycles. The maximum atomic E-state index is 13.8. The number of hydrogen-bond acceptors (Lipinski definition) is 9. The molecule has 3 aromatic heterocycles. The van der Waals surface area contributed by atoms with Crippen LogP contribution in [0.1, 0.15) is 78.0 Å². The van der Waals surface area contributed by atoms with Crippen LogP contribution in [-0.4, -0.2) is 50.2 Å². The number of carbonyl (C=O) groups excluding carboxylic acids is 3. The number of aliphatic hydroxyl groups excluding tert-OH is 1. The van der Waals surface area contributed by atoms with Crippen LogP contribution in [-0.2, 0) is 9.59 Å². The molecule has 44 heavy (non-hydrogen) atoms. The van der Waals surface area contributed by atoms with Crippen molar-refractivity contribution in [2.45, 2.75) is 60.9 Å². The van der Waals surface area contributed by atoms with Gasteiger partial charge in [0, 0.05) is 13.1 Å². The number of hydrogen-bond donors (Lipinski definition) is 1. The van der Waals surface area contributed by atoms with Crippen LogP contribution in [0.5, 0.6) is 11.5 Å². The van der Waals surface area contributed by atoms with Gasteiger partial charge in [0.15, 0.2) is 28.2 Å². The van der Waals surface area contributed by atoms with Crippen molar-refractivity contribution < 1.29 is 29.0 Å². The zero-order valence-electron chi connectivity index (χ0n) is 25.9. The second-order valence-corrected chi connectivity index (χ2v) is 12.2. The Labute approximate surface area is 260 Å². The van der Waals surface area contributed by atoms with Crippen molar-refractivity contribution in [2.24, 2.45) is 5.92 Å². The maximum Gasteiger partial charge on any atom is 0.301 e. The summed E-state index contributed by atoms with van der Waals surface area (Å²) in [5, 5.41) is 12.0. The number of aryl methyl sites for hydroxylation is 3. The highest BCUT2D eigenvalue weighted by Crippen LogP contribution is 2.46. The van der Waals surface area contributed by atoms with Gasteiger partial charge in [0.05, 0.1) is 41.1 Å². The third-order valence-electron chi connectivity index (χ3n) is 7.60. The zero-order valence-corrected chi connectivity index (χ0v) is 26.7. The summed E-state index contributed by atoms with van der Waals surface area (Å²) in [7, 11) is 0. The van der Waals surface area contributed by atoms with Gasteiger partial charge in [0.25, 0.3) is 5.78 Å². The van der Waals surface area contributed by atoms with Crippen LogP contribution in [0, 0.1) is 26.7 Å². The van der Waals surface area contributed by atoms with Crippen molar-refractivity contribution in [3.05, 3.63) is 75.2 Å². The average Bonchev–Trinajstić information content (AvgIpc) is 3.61. The van der Waals surface area contributed by atoms with Gasteiger partial charge < -0.3 is 19.0 Å². The number of anilines is 1. The quantitative estimate of drug-likeness (QED) is 0.0944. The second kappa shape index (κ2) is 12.2. The number of carbonyl (C=O) groups is 3. The summed E-state index contributed by atoms with van der Waals surface area (Å²) >= 11 is 1.03. The molecule has 1 aliphatic rings. The molecule has 0 radical (unpaired) electrons. The maximum absolute atomic E-state index is 13.8. The number of benzene rings is 1. The third kappa shape index (κ3) is 5.47. The molecule has 0 spiro atoms. The standard InChI is InChI=1S/C33H36N4O6S/c1-8-42-24-16-22(11-12-23(24)43-15-13-17(2)3)27-25(28(39)26-20(6)36-14-9-10-18(4)31(36)35-26)29(40)32(41)37(27)33-34-19(5)30(44-33)21(7)38/h9-12,14,16-17,27,39H,8,13,15H2,1-7H3. The molecular weight excluding hydrogens is 580 g/mol. The molecule has 1 atom stereocenters. The molecule has 1 fully saturated rings. The van der Waals surface area contributed by atoms with E-state index in [4.69, 9.17) is 9.47 Å². The molecule has 230 valence electrons. The van der Waals surface area contributed by atoms with Crippen LogP contribution in [0.15, 0.2) is 42.1 Å². The Hall–Kier alpha value is -4.51. The number of pyridine rings is 1. The number of amides is 1. The molecule has 0 aliphatic carbocycles. The minimum Gasteiger partial charge on any atom is -0.505 e. The molecule has 0 saturated carbocycles. The molecule has 1 aromatic carbocycles. The number of thiazole rings is 1. The van der Waals surface area contributed by atoms with Gasteiger partial charge in [-0.2, -0.15) is 0 Å². The van der Waals surface area contributed by atoms with Crippen molar-refractivity contribution in [2.75, 3.05) is 18.1 Å². The van der Waals surface area contributed by atoms with Gasteiger partial charge >= 0.3 is 5.91 Å². The van der Waals surface area contributed by atoms with E-state index in [1.807, 2.05) is 36.6 Å². The molecule has 1 unspecified atom stereocenters. The first-order valence-electron chi connectivity index (χ1n) is 14.6. The summed E-state index contributed by atoms with van der Waals surface area (Å²) in [6.07, 6.45) is 2.68. The summed E-state index contributed by atoms with van der Waals surface area (Å²) in [4.78, 5) is 50.6. The molecule has 1 N–H and O–H groups in total. The van der Waals surface area contributed by atoms with E-state index in [1.54, 1.807) is 32.0 Å². The number of aromatic nitrogens is 3. The first kappa shape index (κ1) is 30.9. The number of fused-ring (bicyclic) bond motifs is 1. The zero-order chi connectivity index (χ0) is 31.9. The van der Waals surface area contributed by atoms with Crippen LogP contribution in [0.2, 0.25) is 0 Å². The fourth-order valence-electron chi connectivity index (χ4n) is 5.32. The smallest absolute Gasteiger partial charge is 0.301 e. The number of ether oxygens (including phenoxy) is 2. The fourth-order valence-corrected chi connectivity index (χ4v) is 6.31. The van der Waals surface area contributed by atoms with E-state index in [9.17, 15) is 19.5 Å². The van der Waals surface area contributed by atoms with E-state index in [-0.39, 0.29) is 22.2 Å². The fraction of sp³-hybridized carbons (Fsp3) is 0.364. The number of aliphatic hydroxyl groups is 1. The molecule has 11 heteroatoms. The van der Waals surface area contributed by atoms with E-state index in [2.05, 4.69) is 23.8 Å². The summed E-state index contributed by atoms with van der Waals surface area (Å²) in [6, 6.07) is 7.91. The van der Waals surface area contributed by atoms with E-state index in [0.717, 1.165) is 23.3 Å². The van der Waals surface area contributed by atoms with Crippen LogP contribution < -0.4 is 14.4 Å². The lowest BCUT2D eigenvalue weighted by Crippen LogP contribution is -2.29. The van der Waals surface area contributed by atoms with Crippen molar-refractivity contribution in [3.63, 3.8) is 0 Å². The molecule has 1 saturated heterocycles. The normalized spacial score (nSPS) is 16.4. The summed E-state index contributed by atoms with van der Waals surface area (Å²) in [6.45, 7) is 13.7. The number of rotatable bonds is 10. The Kier molecular flexibility index (Phi) is 8.60. The molecule has 1 amide bonds. The van der Waals surface area contributed by atoms with E-state index >= 15 is 0 Å². The van der Waals surface area contributed by atoms with E-state index in [1.165, 1.54) is 11.8 Å². The molecule has 10 nitrogen and oxygen atoms in total. The van der Waals surface area contributed by atoms with Crippen molar-refractivity contribution >= 4 is 45.3 Å². The van der Waals surface area contributed by atoms with E-state index < -0.39 is 23.5 Å². The highest BCUT2D eigenvalue weighted by molar-refractivity contribution is 7.18. The molecule has 5 rings (SSSR count). The summed E-state index contributed by atoms with van der Waals surface area (Å²) in [5.74, 6) is -0.912. The molecular formula is C33H36N4O6S. The lowest BCUT2D eigenvalue weighted by atomic mass is 9.96. The van der Waals surface area contributed by atoms with Crippen LogP contribution >= 0.6 is 11.3 Å². The van der Waals surface area contributed by atoms with Gasteiger partial charge in [-0.25, -0.2) is 9.97 Å². The van der Waals surface area contributed by atoms with E-state index in [0.29, 0.717) is 58.1 Å². The lowest BCUT2D eigenvalue weighted by molar-refractivity contribution is -0.132. The highest BCUT2D eigenvalue weighted by atomic mass is 32.1. The Morgan fingerprint density at radius 1 is 1.09 bits per heavy atom. The number of imidazole rings is 1. The van der Waals surface area contributed by atoms with Crippen molar-refractivity contribution in [1.82, 2.24) is 14.4 Å². The van der Waals surface area contributed by atoms with Crippen molar-refractivity contribution in [3.8, 4) is 11.5 Å². The Bertz CT molecular complexity index is 1820. The number of Topliss-reactive ketones (excluding diaryl/α,β-unsaturated/α-hetero) is 2. The molecule has 1 aliphatic heterocycles. The van der Waals surface area contributed by atoms with Crippen molar-refractivity contribution in [1.29, 1.82) is 0 Å². The van der Waals surface area contributed by atoms with Crippen LogP contribution in [0.3, 0.4) is 0 Å². The van der Waals surface area contributed by atoms with Gasteiger partial charge in [0.1, 0.15) is 11.3 Å². The largest absolute Gasteiger partial charge is 0.505 e. The molecule has 4 aromatic rings. The van der Waals surface area contributed by atoms with Gasteiger partial charge in [-0.3, -0.25) is 19.3 Å². The predicted octanol–water partition coefficient (Wildman–Crippen LogP) is 6.37. The Balaban J connectivity index is 1.72. The summed E-state index contributed by atoms with van der Waals surface area (Å²) in [5.41, 5.74) is 3.14. The average molecular weight is 617 g/mol. The number of nitrogens with zero attached hydrogens (tertiary/aromatic N) is 4. The third-order valence-corrected chi connectivity index (χ3v) is 8.86. The van der Waals surface area contributed by atoms with Gasteiger partial charge in [-0.15, -0.1) is 0 Å². The minimum absolute atomic E-state index is 0.132. The topological polar surface area (TPSA) is 123 Å². The van der Waals surface area contributed by atoms with Gasteiger partial charge in [-0.1, -0.05) is 37.3 Å². The first-order chi connectivity index (χ1) is 20.9. The number of ketones is 2. The monoisotopic (exact) mass is 616 g/mol. The SMILES string of the molecule is CCOc1cc(C2C(=C(O)c3nc4c(C)cccn4c3C)C(=O)C(=O)N2c2nc(C)c(C(C)=O)s2)ccc1OCCC(C)C.